The van der Waals surface area contributed by atoms with E-state index in [1.54, 1.807) is 12.1 Å². The van der Waals surface area contributed by atoms with Crippen molar-refractivity contribution >= 4 is 17.8 Å². The Labute approximate surface area is 145 Å². The maximum atomic E-state index is 11.7. The van der Waals surface area contributed by atoms with Crippen LogP contribution in [0.25, 0.3) is 0 Å². The zero-order valence-corrected chi connectivity index (χ0v) is 13.7. The van der Waals surface area contributed by atoms with Crippen LogP contribution in [0.1, 0.15) is 30.0 Å². The Morgan fingerprint density at radius 3 is 1.88 bits per heavy atom. The SMILES string of the molecule is CCC(=O)NC(C(=O)O)(C(=O)O)c1ccc(Cc2ccccc2)cc1. The molecule has 0 saturated carbocycles. The lowest BCUT2D eigenvalue weighted by molar-refractivity contribution is -0.162. The number of hydrogen-bond donors (Lipinski definition) is 3. The first-order valence-corrected chi connectivity index (χ1v) is 7.81. The van der Waals surface area contributed by atoms with E-state index >= 15 is 0 Å². The lowest BCUT2D eigenvalue weighted by atomic mass is 9.88. The van der Waals surface area contributed by atoms with Crippen molar-refractivity contribution in [3.05, 3.63) is 71.3 Å². The highest BCUT2D eigenvalue weighted by molar-refractivity contribution is 6.07. The number of carbonyl (C=O) groups is 3. The van der Waals surface area contributed by atoms with Crippen molar-refractivity contribution in [1.29, 1.82) is 0 Å². The Balaban J connectivity index is 2.36. The molecule has 0 bridgehead atoms. The van der Waals surface area contributed by atoms with Gasteiger partial charge in [-0.15, -0.1) is 0 Å². The molecule has 0 saturated heterocycles. The minimum atomic E-state index is -2.50. The van der Waals surface area contributed by atoms with Crippen LogP contribution in [0.15, 0.2) is 54.6 Å². The van der Waals surface area contributed by atoms with Crippen LogP contribution in [-0.4, -0.2) is 28.1 Å². The first kappa shape index (κ1) is 18.2. The van der Waals surface area contributed by atoms with Crippen LogP contribution in [0.3, 0.4) is 0 Å². The second-order valence-corrected chi connectivity index (χ2v) is 5.62. The van der Waals surface area contributed by atoms with Crippen molar-refractivity contribution in [2.75, 3.05) is 0 Å². The molecule has 0 aliphatic heterocycles. The van der Waals surface area contributed by atoms with Gasteiger partial charge in [-0.05, 0) is 17.5 Å². The third kappa shape index (κ3) is 3.85. The Hall–Kier alpha value is -3.15. The first-order valence-electron chi connectivity index (χ1n) is 7.81. The molecule has 2 rings (SSSR count). The number of hydrogen-bond acceptors (Lipinski definition) is 3. The van der Waals surface area contributed by atoms with Gasteiger partial charge in [-0.1, -0.05) is 61.5 Å². The molecule has 0 fully saturated rings. The average Bonchev–Trinajstić information content (AvgIpc) is 2.60. The molecular formula is C19H19NO5. The fourth-order valence-corrected chi connectivity index (χ4v) is 2.52. The van der Waals surface area contributed by atoms with Crippen LogP contribution < -0.4 is 5.32 Å². The van der Waals surface area contributed by atoms with Gasteiger partial charge in [0.15, 0.2) is 0 Å². The van der Waals surface area contributed by atoms with Gasteiger partial charge in [0.1, 0.15) is 0 Å². The van der Waals surface area contributed by atoms with Crippen molar-refractivity contribution in [2.24, 2.45) is 0 Å². The summed E-state index contributed by atoms with van der Waals surface area (Å²) in [6.45, 7) is 1.52. The van der Waals surface area contributed by atoms with Gasteiger partial charge >= 0.3 is 11.9 Å². The lowest BCUT2D eigenvalue weighted by Crippen LogP contribution is -2.57. The van der Waals surface area contributed by atoms with Crippen LogP contribution in [0.2, 0.25) is 0 Å². The van der Waals surface area contributed by atoms with E-state index in [0.717, 1.165) is 11.1 Å². The summed E-state index contributed by atoms with van der Waals surface area (Å²) in [5.74, 6) is -3.94. The maximum Gasteiger partial charge on any atom is 0.346 e. The minimum Gasteiger partial charge on any atom is -0.479 e. The molecule has 2 aromatic carbocycles. The molecule has 0 atom stereocenters. The highest BCUT2D eigenvalue weighted by Crippen LogP contribution is 2.24. The zero-order valence-electron chi connectivity index (χ0n) is 13.7. The number of nitrogens with one attached hydrogen (secondary N) is 1. The molecular weight excluding hydrogens is 322 g/mol. The molecule has 0 aliphatic rings. The normalized spacial score (nSPS) is 10.9. The number of carboxylic acid groups (broad SMARTS) is 2. The van der Waals surface area contributed by atoms with E-state index in [1.165, 1.54) is 19.1 Å². The summed E-state index contributed by atoms with van der Waals surface area (Å²) in [4.78, 5) is 35.1. The molecule has 0 aliphatic carbocycles. The second-order valence-electron chi connectivity index (χ2n) is 5.62. The van der Waals surface area contributed by atoms with Crippen LogP contribution in [0.5, 0.6) is 0 Å². The number of rotatable bonds is 7. The number of carboxylic acids is 2. The smallest absolute Gasteiger partial charge is 0.346 e. The van der Waals surface area contributed by atoms with Crippen molar-refractivity contribution in [1.82, 2.24) is 5.32 Å². The predicted octanol–water partition coefficient (Wildman–Crippen LogP) is 2.17. The van der Waals surface area contributed by atoms with E-state index < -0.39 is 23.4 Å². The number of aliphatic carboxylic acids is 2. The summed E-state index contributed by atoms with van der Waals surface area (Å²) in [5.41, 5.74) is -0.525. The van der Waals surface area contributed by atoms with Crippen LogP contribution in [0, 0.1) is 0 Å². The average molecular weight is 341 g/mol. The van der Waals surface area contributed by atoms with E-state index in [4.69, 9.17) is 0 Å². The molecule has 0 heterocycles. The summed E-state index contributed by atoms with van der Waals surface area (Å²) < 4.78 is 0. The molecule has 0 spiro atoms. The van der Waals surface area contributed by atoms with Crippen molar-refractivity contribution in [2.45, 2.75) is 25.3 Å². The Bertz CT molecular complexity index is 754. The standard InChI is InChI=1S/C19H19NO5/c1-2-16(21)20-19(17(22)23,18(24)25)15-10-8-14(9-11-15)12-13-6-4-3-5-7-13/h3-11H,2,12H2,1H3,(H,20,21)(H,22,23)(H,24,25). The third-order valence-electron chi connectivity index (χ3n) is 3.93. The predicted molar refractivity (Wildman–Crippen MR) is 91.1 cm³/mol. The quantitative estimate of drug-likeness (QED) is 0.670. The summed E-state index contributed by atoms with van der Waals surface area (Å²) >= 11 is 0. The van der Waals surface area contributed by atoms with E-state index in [-0.39, 0.29) is 12.0 Å². The van der Waals surface area contributed by atoms with Gasteiger partial charge in [-0.2, -0.15) is 0 Å². The van der Waals surface area contributed by atoms with Crippen molar-refractivity contribution in [3.8, 4) is 0 Å². The molecule has 2 aromatic rings. The minimum absolute atomic E-state index is 0.00823. The molecule has 3 N–H and O–H groups in total. The summed E-state index contributed by atoms with van der Waals surface area (Å²) in [6, 6.07) is 15.9. The lowest BCUT2D eigenvalue weighted by Gasteiger charge is -2.26. The van der Waals surface area contributed by atoms with E-state index in [9.17, 15) is 24.6 Å². The van der Waals surface area contributed by atoms with Crippen LogP contribution in [0.4, 0.5) is 0 Å². The van der Waals surface area contributed by atoms with Gasteiger partial charge in [0.05, 0.1) is 0 Å². The van der Waals surface area contributed by atoms with Gasteiger partial charge in [0.25, 0.3) is 5.54 Å². The molecule has 130 valence electrons. The topological polar surface area (TPSA) is 104 Å². The highest BCUT2D eigenvalue weighted by Gasteiger charge is 2.49. The molecule has 0 unspecified atom stereocenters. The van der Waals surface area contributed by atoms with Gasteiger partial charge < -0.3 is 15.5 Å². The monoisotopic (exact) mass is 341 g/mol. The zero-order chi connectivity index (χ0) is 18.4. The van der Waals surface area contributed by atoms with Gasteiger partial charge in [-0.3, -0.25) is 4.79 Å². The van der Waals surface area contributed by atoms with Crippen LogP contribution in [-0.2, 0) is 26.3 Å². The van der Waals surface area contributed by atoms with Crippen molar-refractivity contribution in [3.63, 3.8) is 0 Å². The van der Waals surface area contributed by atoms with Crippen LogP contribution >= 0.6 is 0 Å². The van der Waals surface area contributed by atoms with Gasteiger partial charge in [0.2, 0.25) is 5.91 Å². The largest absolute Gasteiger partial charge is 0.479 e. The van der Waals surface area contributed by atoms with Gasteiger partial charge in [0, 0.05) is 12.0 Å². The van der Waals surface area contributed by atoms with Gasteiger partial charge in [-0.25, -0.2) is 9.59 Å². The fourth-order valence-electron chi connectivity index (χ4n) is 2.52. The second kappa shape index (κ2) is 7.61. The van der Waals surface area contributed by atoms with E-state index in [0.29, 0.717) is 6.42 Å². The summed E-state index contributed by atoms with van der Waals surface area (Å²) in [7, 11) is 0. The number of amides is 1. The Morgan fingerprint density at radius 2 is 1.40 bits per heavy atom. The molecule has 6 heteroatoms. The van der Waals surface area contributed by atoms with E-state index in [1.807, 2.05) is 30.3 Å². The first-order chi connectivity index (χ1) is 11.9. The summed E-state index contributed by atoms with van der Waals surface area (Å²) in [6.07, 6.45) is 0.615. The van der Waals surface area contributed by atoms with Crippen molar-refractivity contribution < 1.29 is 24.6 Å². The molecule has 6 nitrogen and oxygen atoms in total. The Morgan fingerprint density at radius 1 is 0.880 bits per heavy atom. The summed E-state index contributed by atoms with van der Waals surface area (Å²) in [5, 5.41) is 21.1. The molecule has 0 aromatic heterocycles. The van der Waals surface area contributed by atoms with E-state index in [2.05, 4.69) is 5.32 Å². The highest BCUT2D eigenvalue weighted by atomic mass is 16.4. The maximum absolute atomic E-state index is 11.7. The number of carbonyl (C=O) groups excluding carboxylic acids is 1. The third-order valence-corrected chi connectivity index (χ3v) is 3.93. The molecule has 25 heavy (non-hydrogen) atoms. The number of benzene rings is 2. The Kier molecular flexibility index (Phi) is 5.54. The molecule has 1 amide bonds. The molecule has 0 radical (unpaired) electrons. The fraction of sp³-hybridized carbons (Fsp3) is 0.211.